The van der Waals surface area contributed by atoms with E-state index in [1.54, 1.807) is 0 Å². The van der Waals surface area contributed by atoms with Crippen molar-refractivity contribution in [1.82, 2.24) is 9.55 Å². The molecule has 1 aromatic rings. The van der Waals surface area contributed by atoms with Crippen LogP contribution >= 0.6 is 0 Å². The van der Waals surface area contributed by atoms with Gasteiger partial charge in [-0.05, 0) is 18.8 Å². The quantitative estimate of drug-likeness (QED) is 0.732. The van der Waals surface area contributed by atoms with E-state index in [4.69, 9.17) is 5.73 Å². The molecule has 15 heavy (non-hydrogen) atoms. The summed E-state index contributed by atoms with van der Waals surface area (Å²) in [5, 5.41) is 0. The van der Waals surface area contributed by atoms with Crippen molar-refractivity contribution in [3.05, 3.63) is 12.0 Å². The Hall–Kier alpha value is -0.990. The predicted molar refractivity (Wildman–Crippen MR) is 64.7 cm³/mol. The highest BCUT2D eigenvalue weighted by atomic mass is 15.1. The molecule has 0 radical (unpaired) electrons. The first-order valence-corrected chi connectivity index (χ1v) is 5.94. The smallest absolute Gasteiger partial charge is 0.126 e. The lowest BCUT2D eigenvalue weighted by Crippen LogP contribution is -2.07. The molecule has 0 spiro atoms. The van der Waals surface area contributed by atoms with Gasteiger partial charge in [0.25, 0.3) is 0 Å². The van der Waals surface area contributed by atoms with Crippen LogP contribution in [-0.2, 0) is 13.0 Å². The Bertz CT molecular complexity index is 289. The fourth-order valence-electron chi connectivity index (χ4n) is 1.71. The van der Waals surface area contributed by atoms with Gasteiger partial charge in [-0.1, -0.05) is 33.6 Å². The van der Waals surface area contributed by atoms with Crippen molar-refractivity contribution < 1.29 is 0 Å². The Morgan fingerprint density at radius 2 is 2.13 bits per heavy atom. The average Bonchev–Trinajstić information content (AvgIpc) is 2.49. The lowest BCUT2D eigenvalue weighted by Gasteiger charge is -2.08. The van der Waals surface area contributed by atoms with Crippen molar-refractivity contribution >= 4 is 5.82 Å². The molecular formula is C12H23N3. The molecule has 0 atom stereocenters. The molecule has 0 aliphatic rings. The van der Waals surface area contributed by atoms with Crippen LogP contribution in [0.4, 0.5) is 5.82 Å². The number of anilines is 1. The van der Waals surface area contributed by atoms with Gasteiger partial charge in [0.1, 0.15) is 5.82 Å². The molecular weight excluding hydrogens is 186 g/mol. The summed E-state index contributed by atoms with van der Waals surface area (Å²) in [6.07, 6.45) is 6.59. The zero-order chi connectivity index (χ0) is 11.3. The summed E-state index contributed by atoms with van der Waals surface area (Å²) < 4.78 is 2.06. The van der Waals surface area contributed by atoms with Gasteiger partial charge < -0.3 is 10.3 Å². The molecule has 0 saturated carbocycles. The van der Waals surface area contributed by atoms with Crippen LogP contribution in [0, 0.1) is 5.92 Å². The minimum Gasteiger partial charge on any atom is -0.384 e. The van der Waals surface area contributed by atoms with E-state index in [1.165, 1.54) is 19.3 Å². The second-order valence-corrected chi connectivity index (χ2v) is 4.58. The molecule has 0 saturated heterocycles. The summed E-state index contributed by atoms with van der Waals surface area (Å²) in [6, 6.07) is 0. The third-order valence-corrected chi connectivity index (χ3v) is 2.54. The van der Waals surface area contributed by atoms with Gasteiger partial charge in [0, 0.05) is 6.54 Å². The summed E-state index contributed by atoms with van der Waals surface area (Å²) in [5.41, 5.74) is 7.11. The first kappa shape index (κ1) is 12.1. The van der Waals surface area contributed by atoms with Gasteiger partial charge in [0.05, 0.1) is 12.0 Å². The number of nitrogens with two attached hydrogens (primary N) is 1. The fourth-order valence-corrected chi connectivity index (χ4v) is 1.71. The molecule has 1 aromatic heterocycles. The third kappa shape index (κ3) is 3.57. The SMILES string of the molecule is CCCCCc1ncn(CC(C)C)c1N. The van der Waals surface area contributed by atoms with E-state index < -0.39 is 0 Å². The Kier molecular flexibility index (Phi) is 4.66. The summed E-state index contributed by atoms with van der Waals surface area (Å²) in [5.74, 6) is 1.48. The van der Waals surface area contributed by atoms with Crippen LogP contribution in [0.5, 0.6) is 0 Å². The lowest BCUT2D eigenvalue weighted by atomic mass is 10.1. The molecule has 3 nitrogen and oxygen atoms in total. The van der Waals surface area contributed by atoms with Crippen molar-refractivity contribution in [2.75, 3.05) is 5.73 Å². The highest BCUT2D eigenvalue weighted by Gasteiger charge is 2.07. The van der Waals surface area contributed by atoms with Gasteiger partial charge in [-0.25, -0.2) is 4.98 Å². The number of hydrogen-bond acceptors (Lipinski definition) is 2. The Labute approximate surface area is 92.7 Å². The first-order chi connectivity index (χ1) is 7.15. The zero-order valence-electron chi connectivity index (χ0n) is 10.2. The van der Waals surface area contributed by atoms with Crippen molar-refractivity contribution in [2.24, 2.45) is 5.92 Å². The molecule has 0 fully saturated rings. The second kappa shape index (κ2) is 5.79. The molecule has 0 unspecified atom stereocenters. The van der Waals surface area contributed by atoms with Crippen molar-refractivity contribution in [1.29, 1.82) is 0 Å². The Morgan fingerprint density at radius 1 is 1.40 bits per heavy atom. The first-order valence-electron chi connectivity index (χ1n) is 5.94. The molecule has 1 rings (SSSR count). The predicted octanol–water partition coefficient (Wildman–Crippen LogP) is 2.85. The molecule has 0 aromatic carbocycles. The van der Waals surface area contributed by atoms with E-state index in [-0.39, 0.29) is 0 Å². The van der Waals surface area contributed by atoms with Gasteiger partial charge in [-0.2, -0.15) is 0 Å². The summed E-state index contributed by atoms with van der Waals surface area (Å²) in [6.45, 7) is 7.56. The number of unbranched alkanes of at least 4 members (excludes halogenated alkanes) is 2. The summed E-state index contributed by atoms with van der Waals surface area (Å²) in [7, 11) is 0. The van der Waals surface area contributed by atoms with E-state index >= 15 is 0 Å². The molecule has 0 aliphatic carbocycles. The number of aromatic nitrogens is 2. The van der Waals surface area contributed by atoms with Gasteiger partial charge in [-0.3, -0.25) is 0 Å². The number of aryl methyl sites for hydroxylation is 1. The van der Waals surface area contributed by atoms with Crippen LogP contribution in [0.1, 0.15) is 45.7 Å². The molecule has 0 aliphatic heterocycles. The Balaban J connectivity index is 2.55. The van der Waals surface area contributed by atoms with E-state index in [2.05, 4.69) is 30.3 Å². The minimum atomic E-state index is 0.616. The Morgan fingerprint density at radius 3 is 2.73 bits per heavy atom. The van der Waals surface area contributed by atoms with Gasteiger partial charge in [-0.15, -0.1) is 0 Å². The molecule has 1 heterocycles. The maximum Gasteiger partial charge on any atom is 0.126 e. The maximum absolute atomic E-state index is 6.03. The molecule has 0 bridgehead atoms. The normalized spacial score (nSPS) is 11.2. The second-order valence-electron chi connectivity index (χ2n) is 4.58. The molecule has 0 amide bonds. The number of rotatable bonds is 6. The van der Waals surface area contributed by atoms with E-state index in [0.29, 0.717) is 5.92 Å². The zero-order valence-corrected chi connectivity index (χ0v) is 10.2. The van der Waals surface area contributed by atoms with Crippen LogP contribution < -0.4 is 5.73 Å². The van der Waals surface area contributed by atoms with Crippen molar-refractivity contribution in [3.8, 4) is 0 Å². The van der Waals surface area contributed by atoms with Crippen molar-refractivity contribution in [2.45, 2.75) is 53.0 Å². The van der Waals surface area contributed by atoms with Crippen LogP contribution in [0.25, 0.3) is 0 Å². The number of nitrogen functional groups attached to an aromatic ring is 1. The number of nitrogens with zero attached hydrogens (tertiary/aromatic N) is 2. The summed E-state index contributed by atoms with van der Waals surface area (Å²) >= 11 is 0. The molecule has 2 N–H and O–H groups in total. The lowest BCUT2D eigenvalue weighted by molar-refractivity contribution is 0.527. The number of hydrogen-bond donors (Lipinski definition) is 1. The third-order valence-electron chi connectivity index (χ3n) is 2.54. The fraction of sp³-hybridized carbons (Fsp3) is 0.750. The van der Waals surface area contributed by atoms with Crippen LogP contribution in [0.15, 0.2) is 6.33 Å². The van der Waals surface area contributed by atoms with E-state index in [9.17, 15) is 0 Å². The minimum absolute atomic E-state index is 0.616. The molecule has 3 heteroatoms. The number of imidazole rings is 1. The molecule has 86 valence electrons. The van der Waals surface area contributed by atoms with E-state index in [1.807, 2.05) is 6.33 Å². The van der Waals surface area contributed by atoms with Gasteiger partial charge in [0.2, 0.25) is 0 Å². The maximum atomic E-state index is 6.03. The largest absolute Gasteiger partial charge is 0.384 e. The van der Waals surface area contributed by atoms with Crippen molar-refractivity contribution in [3.63, 3.8) is 0 Å². The van der Waals surface area contributed by atoms with E-state index in [0.717, 1.165) is 24.5 Å². The highest BCUT2D eigenvalue weighted by Crippen LogP contribution is 2.15. The summed E-state index contributed by atoms with van der Waals surface area (Å²) in [4.78, 5) is 4.38. The highest BCUT2D eigenvalue weighted by molar-refractivity contribution is 5.35. The van der Waals surface area contributed by atoms with Crippen LogP contribution in [0.2, 0.25) is 0 Å². The van der Waals surface area contributed by atoms with Crippen LogP contribution in [-0.4, -0.2) is 9.55 Å². The van der Waals surface area contributed by atoms with Crippen LogP contribution in [0.3, 0.4) is 0 Å². The monoisotopic (exact) mass is 209 g/mol. The average molecular weight is 209 g/mol. The van der Waals surface area contributed by atoms with Gasteiger partial charge in [0.15, 0.2) is 0 Å². The van der Waals surface area contributed by atoms with Gasteiger partial charge >= 0.3 is 0 Å². The topological polar surface area (TPSA) is 43.8 Å². The standard InChI is InChI=1S/C12H23N3/c1-4-5-6-7-11-12(13)15(9-14-11)8-10(2)3/h9-10H,4-8,13H2,1-3H3.